The predicted octanol–water partition coefficient (Wildman–Crippen LogP) is 1.13. The highest BCUT2D eigenvalue weighted by atomic mass is 16.6. The van der Waals surface area contributed by atoms with E-state index in [2.05, 4.69) is 20.9 Å². The topological polar surface area (TPSA) is 229 Å². The van der Waals surface area contributed by atoms with Gasteiger partial charge in [0.15, 0.2) is 5.96 Å². The number of carbonyl (C=O) groups excluding carboxylic acids is 5. The van der Waals surface area contributed by atoms with Gasteiger partial charge in [0.1, 0.15) is 29.3 Å². The van der Waals surface area contributed by atoms with Gasteiger partial charge in [0.25, 0.3) is 5.91 Å². The number of benzene rings is 1. The van der Waals surface area contributed by atoms with Crippen LogP contribution >= 0.6 is 0 Å². The number of rotatable bonds is 11. The van der Waals surface area contributed by atoms with E-state index in [0.29, 0.717) is 18.2 Å². The third-order valence-electron chi connectivity index (χ3n) is 7.14. The van der Waals surface area contributed by atoms with Crippen LogP contribution in [0.3, 0.4) is 0 Å². The first-order chi connectivity index (χ1) is 21.6. The summed E-state index contributed by atoms with van der Waals surface area (Å²) in [6.07, 6.45) is 0.463. The summed E-state index contributed by atoms with van der Waals surface area (Å²) in [6, 6.07) is 4.12. The van der Waals surface area contributed by atoms with Crippen molar-refractivity contribution in [1.82, 2.24) is 20.9 Å². The molecule has 0 bridgehead atoms. The van der Waals surface area contributed by atoms with Crippen LogP contribution in [0, 0.1) is 5.92 Å². The summed E-state index contributed by atoms with van der Waals surface area (Å²) in [4.78, 5) is 82.8. The van der Waals surface area contributed by atoms with Crippen LogP contribution in [0.15, 0.2) is 44.5 Å². The summed E-state index contributed by atoms with van der Waals surface area (Å²) in [5.74, 6) is -3.05. The molecule has 1 aliphatic heterocycles. The minimum absolute atomic E-state index is 0.0607. The van der Waals surface area contributed by atoms with Crippen molar-refractivity contribution in [2.24, 2.45) is 22.4 Å². The van der Waals surface area contributed by atoms with Gasteiger partial charge in [-0.2, -0.15) is 0 Å². The number of nitrogens with zero attached hydrogens (tertiary/aromatic N) is 2. The zero-order valence-electron chi connectivity index (χ0n) is 26.8. The molecule has 0 spiro atoms. The molecule has 250 valence electrons. The Labute approximate surface area is 266 Å². The van der Waals surface area contributed by atoms with Crippen molar-refractivity contribution in [3.05, 3.63) is 46.3 Å². The highest BCUT2D eigenvalue weighted by Gasteiger charge is 2.40. The molecule has 0 unspecified atom stereocenters. The summed E-state index contributed by atoms with van der Waals surface area (Å²) < 4.78 is 10.4. The van der Waals surface area contributed by atoms with Crippen LogP contribution < -0.4 is 33.0 Å². The smallest absolute Gasteiger partial charge is 0.408 e. The molecule has 15 nitrogen and oxygen atoms in total. The monoisotopic (exact) mass is 641 g/mol. The molecular formula is C31H43N7O8. The Hall–Kier alpha value is -4.95. The van der Waals surface area contributed by atoms with Crippen molar-refractivity contribution in [1.29, 1.82) is 0 Å². The average molecular weight is 642 g/mol. The fourth-order valence-electron chi connectivity index (χ4n) is 4.94. The summed E-state index contributed by atoms with van der Waals surface area (Å²) in [6.45, 7) is 9.09. The van der Waals surface area contributed by atoms with Gasteiger partial charge >= 0.3 is 11.7 Å². The molecule has 1 aromatic heterocycles. The van der Waals surface area contributed by atoms with E-state index in [1.54, 1.807) is 46.8 Å². The van der Waals surface area contributed by atoms with Crippen LogP contribution in [0.1, 0.15) is 70.7 Å². The van der Waals surface area contributed by atoms with E-state index >= 15 is 0 Å². The Morgan fingerprint density at radius 3 is 2.43 bits per heavy atom. The first-order valence-corrected chi connectivity index (χ1v) is 15.1. The number of fused-ring (bicyclic) bond motifs is 1. The minimum Gasteiger partial charge on any atom is -0.444 e. The van der Waals surface area contributed by atoms with Crippen molar-refractivity contribution in [3.8, 4) is 0 Å². The highest BCUT2D eigenvalue weighted by molar-refractivity contribution is 6.08. The zero-order valence-corrected chi connectivity index (χ0v) is 26.8. The average Bonchev–Trinajstić information content (AvgIpc) is 3.45. The summed E-state index contributed by atoms with van der Waals surface area (Å²) in [7, 11) is 0. The second kappa shape index (κ2) is 15.4. The van der Waals surface area contributed by atoms with Crippen molar-refractivity contribution in [3.63, 3.8) is 0 Å². The standard InChI is InChI=1S/C31H43N7O8/c1-17(2)24(36-30(44)46-31(3,4)5)28(43)38-15-7-9-21(38)27(42)35-20(8-6-14-34-29(32)33)26(41)37-25(40)19-11-10-18-12-13-23(39)45-22(18)16-19/h10-13,16-17,20-21,24H,6-9,14-15H2,1-5H3,(H,35,42)(H,36,44)(H4,32,33,34)(H,37,40,41)/t20-,21-,24-/m0/s1. The maximum absolute atomic E-state index is 13.6. The second-order valence-corrected chi connectivity index (χ2v) is 12.4. The number of hydrogen-bond donors (Lipinski definition) is 5. The molecule has 46 heavy (non-hydrogen) atoms. The molecule has 3 atom stereocenters. The highest BCUT2D eigenvalue weighted by Crippen LogP contribution is 2.21. The number of amides is 5. The Balaban J connectivity index is 1.75. The lowest BCUT2D eigenvalue weighted by Crippen LogP contribution is -2.57. The number of nitrogens with one attached hydrogen (secondary N) is 3. The van der Waals surface area contributed by atoms with Crippen molar-refractivity contribution >= 4 is 46.7 Å². The molecule has 1 aromatic carbocycles. The summed E-state index contributed by atoms with van der Waals surface area (Å²) >= 11 is 0. The van der Waals surface area contributed by atoms with Gasteiger partial charge in [0, 0.05) is 30.1 Å². The molecule has 15 heteroatoms. The molecule has 0 radical (unpaired) electrons. The summed E-state index contributed by atoms with van der Waals surface area (Å²) in [5.41, 5.74) is 9.66. The molecular weight excluding hydrogens is 598 g/mol. The predicted molar refractivity (Wildman–Crippen MR) is 170 cm³/mol. The molecule has 2 heterocycles. The second-order valence-electron chi connectivity index (χ2n) is 12.4. The molecule has 1 fully saturated rings. The Bertz CT molecular complexity index is 1540. The molecule has 1 aliphatic rings. The first kappa shape index (κ1) is 35.5. The van der Waals surface area contributed by atoms with Gasteiger partial charge in [-0.15, -0.1) is 0 Å². The molecule has 1 saturated heterocycles. The Morgan fingerprint density at radius 1 is 1.09 bits per heavy atom. The van der Waals surface area contributed by atoms with Crippen LogP contribution in [-0.2, 0) is 19.1 Å². The van der Waals surface area contributed by atoms with E-state index in [1.165, 1.54) is 23.1 Å². The molecule has 3 rings (SSSR count). The number of likely N-dealkylation sites (tertiary alicyclic amines) is 1. The normalized spacial score (nSPS) is 16.0. The number of aliphatic imine (C=N–C) groups is 1. The van der Waals surface area contributed by atoms with Crippen LogP contribution in [-0.4, -0.2) is 77.4 Å². The minimum atomic E-state index is -1.18. The van der Waals surface area contributed by atoms with E-state index in [1.807, 2.05) is 0 Å². The van der Waals surface area contributed by atoms with Crippen molar-refractivity contribution in [2.45, 2.75) is 84.0 Å². The van der Waals surface area contributed by atoms with Crippen LogP contribution in [0.4, 0.5) is 4.79 Å². The van der Waals surface area contributed by atoms with E-state index < -0.39 is 59.1 Å². The lowest BCUT2D eigenvalue weighted by Gasteiger charge is -2.31. The van der Waals surface area contributed by atoms with Crippen LogP contribution in [0.5, 0.6) is 0 Å². The van der Waals surface area contributed by atoms with E-state index in [9.17, 15) is 28.8 Å². The van der Waals surface area contributed by atoms with E-state index in [-0.39, 0.29) is 49.0 Å². The van der Waals surface area contributed by atoms with Gasteiger partial charge < -0.3 is 36.2 Å². The maximum atomic E-state index is 13.6. The zero-order chi connectivity index (χ0) is 34.2. The van der Waals surface area contributed by atoms with Crippen molar-refractivity contribution < 1.29 is 33.1 Å². The quantitative estimate of drug-likeness (QED) is 0.102. The third kappa shape index (κ3) is 10.0. The van der Waals surface area contributed by atoms with E-state index in [0.717, 1.165) is 0 Å². The number of imide groups is 1. The summed E-state index contributed by atoms with van der Waals surface area (Å²) in [5, 5.41) is 8.18. The van der Waals surface area contributed by atoms with Gasteiger partial charge in [-0.05, 0) is 70.6 Å². The Kier molecular flexibility index (Phi) is 11.9. The Morgan fingerprint density at radius 2 is 1.78 bits per heavy atom. The molecule has 7 N–H and O–H groups in total. The van der Waals surface area contributed by atoms with Crippen LogP contribution in [0.25, 0.3) is 11.0 Å². The lowest BCUT2D eigenvalue weighted by atomic mass is 10.0. The number of carbonyl (C=O) groups is 5. The largest absolute Gasteiger partial charge is 0.444 e. The van der Waals surface area contributed by atoms with Gasteiger partial charge in [-0.1, -0.05) is 19.9 Å². The van der Waals surface area contributed by atoms with Gasteiger partial charge in [0.2, 0.25) is 17.7 Å². The van der Waals surface area contributed by atoms with Crippen LogP contribution in [0.2, 0.25) is 0 Å². The number of ether oxygens (including phenoxy) is 1. The lowest BCUT2D eigenvalue weighted by molar-refractivity contribution is -0.141. The van der Waals surface area contributed by atoms with Gasteiger partial charge in [-0.3, -0.25) is 29.5 Å². The number of nitrogens with two attached hydrogens (primary N) is 2. The number of alkyl carbamates (subject to hydrolysis) is 1. The third-order valence-corrected chi connectivity index (χ3v) is 7.14. The fraction of sp³-hybridized carbons (Fsp3) is 0.516. The fourth-order valence-corrected chi connectivity index (χ4v) is 4.94. The number of guanidine groups is 1. The molecule has 2 aromatic rings. The first-order valence-electron chi connectivity index (χ1n) is 15.1. The number of hydrogen-bond acceptors (Lipinski definition) is 9. The SMILES string of the molecule is CC(C)[C@H](NC(=O)OC(C)(C)C)C(=O)N1CCC[C@H]1C(=O)N[C@@H](CCCN=C(N)N)C(=O)NC(=O)c1ccc2ccc(=O)oc2c1. The van der Waals surface area contributed by atoms with Crippen molar-refractivity contribution in [2.75, 3.05) is 13.1 Å². The molecule has 0 saturated carbocycles. The maximum Gasteiger partial charge on any atom is 0.408 e. The van der Waals surface area contributed by atoms with Gasteiger partial charge in [-0.25, -0.2) is 9.59 Å². The van der Waals surface area contributed by atoms with Gasteiger partial charge in [0.05, 0.1) is 0 Å². The molecule has 5 amide bonds. The molecule has 0 aliphatic carbocycles. The van der Waals surface area contributed by atoms with E-state index in [4.69, 9.17) is 20.6 Å².